The minimum atomic E-state index is -0.330. The van der Waals surface area contributed by atoms with Gasteiger partial charge in [-0.1, -0.05) is 13.8 Å². The van der Waals surface area contributed by atoms with Gasteiger partial charge in [-0.3, -0.25) is 4.79 Å². The number of carbonyl (C=O) groups is 1. The van der Waals surface area contributed by atoms with Gasteiger partial charge in [0, 0.05) is 6.54 Å². The molecule has 12 heavy (non-hydrogen) atoms. The van der Waals surface area contributed by atoms with Gasteiger partial charge >= 0.3 is 0 Å². The number of amides is 1. The molecule has 0 saturated carbocycles. The van der Waals surface area contributed by atoms with Crippen LogP contribution in [0.25, 0.3) is 0 Å². The molecule has 0 aliphatic heterocycles. The zero-order valence-corrected chi connectivity index (χ0v) is 8.55. The maximum atomic E-state index is 11.2. The standard InChI is InChI=1S/C9H20N2O/c1-5-9(6-2,8(10)12)7-11(3)4/h5-7H2,1-4H3,(H2,10,12). The summed E-state index contributed by atoms with van der Waals surface area (Å²) in [6.45, 7) is 4.77. The predicted octanol–water partition coefficient (Wildman–Crippen LogP) is 0.840. The van der Waals surface area contributed by atoms with E-state index in [0.717, 1.165) is 19.4 Å². The van der Waals surface area contributed by atoms with Crippen LogP contribution < -0.4 is 5.73 Å². The Balaban J connectivity index is 4.46. The lowest BCUT2D eigenvalue weighted by atomic mass is 9.81. The van der Waals surface area contributed by atoms with Gasteiger partial charge in [-0.05, 0) is 26.9 Å². The molecule has 0 rings (SSSR count). The van der Waals surface area contributed by atoms with Crippen molar-refractivity contribution in [2.45, 2.75) is 26.7 Å². The first-order valence-electron chi connectivity index (χ1n) is 4.43. The quantitative estimate of drug-likeness (QED) is 0.668. The largest absolute Gasteiger partial charge is 0.369 e. The van der Waals surface area contributed by atoms with Crippen molar-refractivity contribution in [2.75, 3.05) is 20.6 Å². The van der Waals surface area contributed by atoms with Crippen molar-refractivity contribution in [3.05, 3.63) is 0 Å². The highest BCUT2D eigenvalue weighted by atomic mass is 16.1. The average Bonchev–Trinajstić information content (AvgIpc) is 1.99. The van der Waals surface area contributed by atoms with Crippen LogP contribution in [-0.4, -0.2) is 31.4 Å². The molecule has 0 heterocycles. The van der Waals surface area contributed by atoms with Crippen molar-refractivity contribution in [1.29, 1.82) is 0 Å². The minimum absolute atomic E-state index is 0.179. The van der Waals surface area contributed by atoms with Crippen molar-refractivity contribution in [1.82, 2.24) is 4.90 Å². The Kier molecular flexibility index (Phi) is 4.24. The van der Waals surface area contributed by atoms with E-state index in [-0.39, 0.29) is 11.3 Å². The molecule has 0 spiro atoms. The summed E-state index contributed by atoms with van der Waals surface area (Å²) in [5, 5.41) is 0. The fraction of sp³-hybridized carbons (Fsp3) is 0.889. The van der Waals surface area contributed by atoms with Gasteiger partial charge in [-0.25, -0.2) is 0 Å². The van der Waals surface area contributed by atoms with E-state index in [1.54, 1.807) is 0 Å². The summed E-state index contributed by atoms with van der Waals surface area (Å²) in [5.41, 5.74) is 5.05. The van der Waals surface area contributed by atoms with Gasteiger partial charge in [-0.2, -0.15) is 0 Å². The number of hydrogen-bond acceptors (Lipinski definition) is 2. The lowest BCUT2D eigenvalue weighted by molar-refractivity contribution is -0.129. The van der Waals surface area contributed by atoms with Gasteiger partial charge in [0.25, 0.3) is 0 Å². The first kappa shape index (κ1) is 11.4. The number of nitrogens with two attached hydrogens (primary N) is 1. The summed E-state index contributed by atoms with van der Waals surface area (Å²) in [4.78, 5) is 13.2. The molecule has 1 amide bonds. The highest BCUT2D eigenvalue weighted by Crippen LogP contribution is 2.26. The van der Waals surface area contributed by atoms with Crippen molar-refractivity contribution in [3.63, 3.8) is 0 Å². The SMILES string of the molecule is CCC(CC)(CN(C)C)C(N)=O. The molecule has 3 nitrogen and oxygen atoms in total. The Hall–Kier alpha value is -0.570. The maximum absolute atomic E-state index is 11.2. The average molecular weight is 172 g/mol. The Morgan fingerprint density at radius 3 is 1.83 bits per heavy atom. The van der Waals surface area contributed by atoms with Crippen molar-refractivity contribution in [2.24, 2.45) is 11.1 Å². The van der Waals surface area contributed by atoms with Crippen molar-refractivity contribution >= 4 is 5.91 Å². The Labute approximate surface area is 74.9 Å². The van der Waals surface area contributed by atoms with Crippen LogP contribution in [0.1, 0.15) is 26.7 Å². The molecule has 0 aromatic carbocycles. The third-order valence-corrected chi connectivity index (χ3v) is 2.50. The molecular weight excluding hydrogens is 152 g/mol. The first-order chi connectivity index (χ1) is 5.48. The van der Waals surface area contributed by atoms with Crippen LogP contribution in [-0.2, 0) is 4.79 Å². The van der Waals surface area contributed by atoms with Crippen LogP contribution in [0.15, 0.2) is 0 Å². The van der Waals surface area contributed by atoms with Gasteiger partial charge in [0.05, 0.1) is 5.41 Å². The van der Waals surface area contributed by atoms with Gasteiger partial charge in [0.1, 0.15) is 0 Å². The molecule has 0 aliphatic carbocycles. The Morgan fingerprint density at radius 2 is 1.75 bits per heavy atom. The number of carbonyl (C=O) groups excluding carboxylic acids is 1. The highest BCUT2D eigenvalue weighted by Gasteiger charge is 2.32. The van der Waals surface area contributed by atoms with Gasteiger partial charge in [0.15, 0.2) is 0 Å². The lowest BCUT2D eigenvalue weighted by Gasteiger charge is -2.30. The molecule has 2 N–H and O–H groups in total. The van der Waals surface area contributed by atoms with E-state index < -0.39 is 0 Å². The van der Waals surface area contributed by atoms with Crippen LogP contribution in [0.3, 0.4) is 0 Å². The topological polar surface area (TPSA) is 46.3 Å². The fourth-order valence-corrected chi connectivity index (χ4v) is 1.51. The second-order valence-electron chi connectivity index (χ2n) is 3.59. The fourth-order valence-electron chi connectivity index (χ4n) is 1.51. The second-order valence-corrected chi connectivity index (χ2v) is 3.59. The van der Waals surface area contributed by atoms with E-state index >= 15 is 0 Å². The van der Waals surface area contributed by atoms with Crippen molar-refractivity contribution in [3.8, 4) is 0 Å². The molecule has 0 bridgehead atoms. The van der Waals surface area contributed by atoms with Crippen LogP contribution >= 0.6 is 0 Å². The van der Waals surface area contributed by atoms with Crippen molar-refractivity contribution < 1.29 is 4.79 Å². The number of rotatable bonds is 5. The summed E-state index contributed by atoms with van der Waals surface area (Å²) in [6, 6.07) is 0. The maximum Gasteiger partial charge on any atom is 0.224 e. The molecular formula is C9H20N2O. The minimum Gasteiger partial charge on any atom is -0.369 e. The zero-order valence-electron chi connectivity index (χ0n) is 8.55. The molecule has 0 atom stereocenters. The Bertz CT molecular complexity index is 151. The molecule has 72 valence electrons. The monoisotopic (exact) mass is 172 g/mol. The summed E-state index contributed by atoms with van der Waals surface area (Å²) in [7, 11) is 3.92. The summed E-state index contributed by atoms with van der Waals surface area (Å²) in [6.07, 6.45) is 1.63. The van der Waals surface area contributed by atoms with Crippen LogP contribution in [0.2, 0.25) is 0 Å². The van der Waals surface area contributed by atoms with Gasteiger partial charge in [-0.15, -0.1) is 0 Å². The third-order valence-electron chi connectivity index (χ3n) is 2.50. The van der Waals surface area contributed by atoms with E-state index in [1.807, 2.05) is 32.8 Å². The van der Waals surface area contributed by atoms with Crippen LogP contribution in [0.4, 0.5) is 0 Å². The Morgan fingerprint density at radius 1 is 1.33 bits per heavy atom. The van der Waals surface area contributed by atoms with Gasteiger partial charge < -0.3 is 10.6 Å². The third kappa shape index (κ3) is 2.48. The molecule has 3 heteroatoms. The number of hydrogen-bond donors (Lipinski definition) is 1. The number of nitrogens with zero attached hydrogens (tertiary/aromatic N) is 1. The molecule has 0 fully saturated rings. The zero-order chi connectivity index (χ0) is 9.78. The molecule has 0 aliphatic rings. The molecule has 0 unspecified atom stereocenters. The van der Waals surface area contributed by atoms with Crippen LogP contribution in [0.5, 0.6) is 0 Å². The van der Waals surface area contributed by atoms with E-state index in [1.165, 1.54) is 0 Å². The van der Waals surface area contributed by atoms with E-state index in [2.05, 4.69) is 0 Å². The second kappa shape index (κ2) is 4.45. The first-order valence-corrected chi connectivity index (χ1v) is 4.43. The molecule has 0 aromatic rings. The summed E-state index contributed by atoms with van der Waals surface area (Å²) in [5.74, 6) is -0.179. The van der Waals surface area contributed by atoms with Gasteiger partial charge in [0.2, 0.25) is 5.91 Å². The molecule has 0 radical (unpaired) electrons. The lowest BCUT2D eigenvalue weighted by Crippen LogP contribution is -2.43. The van der Waals surface area contributed by atoms with E-state index in [9.17, 15) is 4.79 Å². The summed E-state index contributed by atoms with van der Waals surface area (Å²) >= 11 is 0. The molecule has 0 saturated heterocycles. The predicted molar refractivity (Wildman–Crippen MR) is 50.8 cm³/mol. The number of primary amides is 1. The van der Waals surface area contributed by atoms with E-state index in [0.29, 0.717) is 0 Å². The van der Waals surface area contributed by atoms with Crippen LogP contribution in [0, 0.1) is 5.41 Å². The van der Waals surface area contributed by atoms with E-state index in [4.69, 9.17) is 5.73 Å². The highest BCUT2D eigenvalue weighted by molar-refractivity contribution is 5.80. The summed E-state index contributed by atoms with van der Waals surface area (Å²) < 4.78 is 0. The normalized spacial score (nSPS) is 12.1. The smallest absolute Gasteiger partial charge is 0.224 e. The molecule has 0 aromatic heterocycles.